The monoisotopic (exact) mass is 429 g/mol. The summed E-state index contributed by atoms with van der Waals surface area (Å²) in [4.78, 5) is 12.0. The van der Waals surface area contributed by atoms with Gasteiger partial charge in [-0.25, -0.2) is 0 Å². The largest absolute Gasteiger partial charge is 0.394 e. The third kappa shape index (κ3) is 17.1. The fraction of sp³-hybridized carbons (Fsp3) is 0.960. The minimum absolute atomic E-state index is 0.161. The molecule has 180 valence electrons. The van der Waals surface area contributed by atoms with Crippen LogP contribution in [0.2, 0.25) is 0 Å². The van der Waals surface area contributed by atoms with Gasteiger partial charge in [-0.2, -0.15) is 0 Å². The summed E-state index contributed by atoms with van der Waals surface area (Å²) in [5, 5.41) is 31.9. The lowest BCUT2D eigenvalue weighted by Crippen LogP contribution is -2.50. The Bertz CT molecular complexity index is 378. The maximum Gasteiger partial charge on any atom is 0.220 e. The molecule has 0 fully saturated rings. The van der Waals surface area contributed by atoms with Crippen LogP contribution in [0.15, 0.2) is 0 Å². The van der Waals surface area contributed by atoms with Gasteiger partial charge in [0.25, 0.3) is 0 Å². The number of nitrogens with one attached hydrogen (secondary N) is 1. The van der Waals surface area contributed by atoms with Crippen LogP contribution in [0.4, 0.5) is 0 Å². The molecule has 0 aromatic carbocycles. The zero-order valence-electron chi connectivity index (χ0n) is 19.9. The highest BCUT2D eigenvalue weighted by molar-refractivity contribution is 5.76. The van der Waals surface area contributed by atoms with Gasteiger partial charge in [-0.1, -0.05) is 110 Å². The molecule has 0 saturated carbocycles. The van der Waals surface area contributed by atoms with Crippen LogP contribution >= 0.6 is 0 Å². The van der Waals surface area contributed by atoms with Crippen molar-refractivity contribution in [3.05, 3.63) is 0 Å². The average Bonchev–Trinajstić information content (AvgIpc) is 2.74. The molecule has 30 heavy (non-hydrogen) atoms. The number of amides is 1. The van der Waals surface area contributed by atoms with Crippen LogP contribution in [0.5, 0.6) is 0 Å². The van der Waals surface area contributed by atoms with E-state index in [0.29, 0.717) is 12.8 Å². The summed E-state index contributed by atoms with van der Waals surface area (Å²) in [6.07, 6.45) is 18.9. The molecule has 0 heterocycles. The first-order chi connectivity index (χ1) is 14.6. The number of carbonyl (C=O) groups excluding carboxylic acids is 1. The van der Waals surface area contributed by atoms with Crippen molar-refractivity contribution in [3.8, 4) is 0 Å². The Labute approximate surface area is 186 Å². The minimum Gasteiger partial charge on any atom is -0.394 e. The van der Waals surface area contributed by atoms with Gasteiger partial charge < -0.3 is 20.6 Å². The van der Waals surface area contributed by atoms with Crippen LogP contribution in [-0.4, -0.2) is 46.1 Å². The van der Waals surface area contributed by atoms with Crippen LogP contribution < -0.4 is 5.32 Å². The Balaban J connectivity index is 3.52. The summed E-state index contributed by atoms with van der Waals surface area (Å²) >= 11 is 0. The number of unbranched alkanes of at least 4 members (excludes halogenated alkanes) is 14. The third-order valence-electron chi connectivity index (χ3n) is 5.94. The fourth-order valence-electron chi connectivity index (χ4n) is 3.91. The molecular formula is C25H51NO4. The number of carbonyl (C=O) groups is 1. The zero-order chi connectivity index (χ0) is 22.5. The predicted molar refractivity (Wildman–Crippen MR) is 125 cm³/mol. The average molecular weight is 430 g/mol. The molecule has 0 aliphatic heterocycles. The van der Waals surface area contributed by atoms with Crippen LogP contribution in [0, 0.1) is 0 Å². The first kappa shape index (κ1) is 29.4. The molecule has 0 aliphatic rings. The van der Waals surface area contributed by atoms with E-state index in [1.807, 2.05) is 6.92 Å². The maximum atomic E-state index is 12.0. The third-order valence-corrected chi connectivity index (χ3v) is 5.94. The molecule has 0 aliphatic carbocycles. The van der Waals surface area contributed by atoms with E-state index in [-0.39, 0.29) is 12.5 Å². The lowest BCUT2D eigenvalue weighted by molar-refractivity contribution is -0.124. The molecule has 0 aromatic heterocycles. The van der Waals surface area contributed by atoms with E-state index in [4.69, 9.17) is 0 Å². The van der Waals surface area contributed by atoms with E-state index in [0.717, 1.165) is 25.7 Å². The Hall–Kier alpha value is -0.650. The molecule has 4 N–H and O–H groups in total. The molecule has 3 atom stereocenters. The van der Waals surface area contributed by atoms with E-state index in [2.05, 4.69) is 12.2 Å². The zero-order valence-corrected chi connectivity index (χ0v) is 19.9. The molecule has 0 saturated heterocycles. The predicted octanol–water partition coefficient (Wildman–Crippen LogP) is 5.25. The SMILES string of the molecule is CCCCCCCCCCCCCCCCCC(=O)N[C@H](CO)[C@@H](O)[C@@H](O)CCC. The summed E-state index contributed by atoms with van der Waals surface area (Å²) in [6.45, 7) is 3.81. The summed E-state index contributed by atoms with van der Waals surface area (Å²) in [5.41, 5.74) is 0. The Kier molecular flexibility index (Phi) is 21.1. The Morgan fingerprint density at radius 3 is 1.53 bits per heavy atom. The van der Waals surface area contributed by atoms with Gasteiger partial charge >= 0.3 is 0 Å². The van der Waals surface area contributed by atoms with Crippen molar-refractivity contribution in [2.75, 3.05) is 6.61 Å². The van der Waals surface area contributed by atoms with Crippen molar-refractivity contribution >= 4 is 5.91 Å². The highest BCUT2D eigenvalue weighted by Crippen LogP contribution is 2.14. The van der Waals surface area contributed by atoms with Gasteiger partial charge in [0.2, 0.25) is 5.91 Å². The molecule has 5 heteroatoms. The number of aliphatic hydroxyl groups is 3. The van der Waals surface area contributed by atoms with E-state index >= 15 is 0 Å². The quantitative estimate of drug-likeness (QED) is 0.177. The van der Waals surface area contributed by atoms with E-state index in [1.54, 1.807) is 0 Å². The van der Waals surface area contributed by atoms with E-state index in [1.165, 1.54) is 77.0 Å². The molecule has 0 bridgehead atoms. The van der Waals surface area contributed by atoms with Gasteiger partial charge in [0.15, 0.2) is 0 Å². The molecular weight excluding hydrogens is 378 g/mol. The molecule has 0 rings (SSSR count). The molecule has 1 amide bonds. The van der Waals surface area contributed by atoms with Gasteiger partial charge in [-0.05, 0) is 12.8 Å². The highest BCUT2D eigenvalue weighted by atomic mass is 16.3. The fourth-order valence-corrected chi connectivity index (χ4v) is 3.91. The van der Waals surface area contributed by atoms with E-state index < -0.39 is 18.2 Å². The second kappa shape index (κ2) is 21.6. The van der Waals surface area contributed by atoms with Crippen molar-refractivity contribution < 1.29 is 20.1 Å². The first-order valence-corrected chi connectivity index (χ1v) is 12.8. The standard InChI is InChI=1S/C25H51NO4/c1-3-5-6-7-8-9-10-11-12-13-14-15-16-17-18-20-24(29)26-22(21-27)25(30)23(28)19-4-2/h22-23,25,27-28,30H,3-21H2,1-2H3,(H,26,29)/t22-,23+,25-/m1/s1. The van der Waals surface area contributed by atoms with Crippen molar-refractivity contribution in [2.24, 2.45) is 0 Å². The topological polar surface area (TPSA) is 89.8 Å². The highest BCUT2D eigenvalue weighted by Gasteiger charge is 2.26. The van der Waals surface area contributed by atoms with Crippen LogP contribution in [0.1, 0.15) is 129 Å². The smallest absolute Gasteiger partial charge is 0.220 e. The summed E-state index contributed by atoms with van der Waals surface area (Å²) in [7, 11) is 0. The summed E-state index contributed by atoms with van der Waals surface area (Å²) in [5.74, 6) is -0.161. The lowest BCUT2D eigenvalue weighted by atomic mass is 10.0. The number of rotatable bonds is 22. The van der Waals surface area contributed by atoms with Gasteiger partial charge in [-0.15, -0.1) is 0 Å². The molecule has 5 nitrogen and oxygen atoms in total. The van der Waals surface area contributed by atoms with Crippen molar-refractivity contribution in [1.82, 2.24) is 5.32 Å². The van der Waals surface area contributed by atoms with Crippen molar-refractivity contribution in [3.63, 3.8) is 0 Å². The van der Waals surface area contributed by atoms with Gasteiger partial charge in [-0.3, -0.25) is 4.79 Å². The number of hydrogen-bond donors (Lipinski definition) is 4. The van der Waals surface area contributed by atoms with Crippen molar-refractivity contribution in [1.29, 1.82) is 0 Å². The number of aliphatic hydroxyl groups excluding tert-OH is 3. The minimum atomic E-state index is -1.13. The number of hydrogen-bond acceptors (Lipinski definition) is 4. The lowest BCUT2D eigenvalue weighted by Gasteiger charge is -2.26. The van der Waals surface area contributed by atoms with Gasteiger partial charge in [0.1, 0.15) is 6.10 Å². The van der Waals surface area contributed by atoms with Gasteiger partial charge in [0.05, 0.1) is 18.8 Å². The molecule has 0 spiro atoms. The maximum absolute atomic E-state index is 12.0. The van der Waals surface area contributed by atoms with Crippen LogP contribution in [0.25, 0.3) is 0 Å². The second-order valence-electron chi connectivity index (χ2n) is 8.90. The summed E-state index contributed by atoms with van der Waals surface area (Å²) < 4.78 is 0. The van der Waals surface area contributed by atoms with E-state index in [9.17, 15) is 20.1 Å². The summed E-state index contributed by atoms with van der Waals surface area (Å²) in [6, 6.07) is -0.796. The molecule has 0 aromatic rings. The van der Waals surface area contributed by atoms with Crippen LogP contribution in [0.3, 0.4) is 0 Å². The van der Waals surface area contributed by atoms with Gasteiger partial charge in [0, 0.05) is 6.42 Å². The second-order valence-corrected chi connectivity index (χ2v) is 8.90. The van der Waals surface area contributed by atoms with Crippen molar-refractivity contribution in [2.45, 2.75) is 148 Å². The molecule has 0 unspecified atom stereocenters. The van der Waals surface area contributed by atoms with Crippen LogP contribution in [-0.2, 0) is 4.79 Å². The first-order valence-electron chi connectivity index (χ1n) is 12.8. The molecule has 0 radical (unpaired) electrons. The Morgan fingerprint density at radius 2 is 1.13 bits per heavy atom. The normalized spacial score (nSPS) is 14.4. The Morgan fingerprint density at radius 1 is 0.700 bits per heavy atom.